The summed E-state index contributed by atoms with van der Waals surface area (Å²) in [4.78, 5) is 7.80. The van der Waals surface area contributed by atoms with Crippen molar-refractivity contribution < 1.29 is 4.74 Å². The highest BCUT2D eigenvalue weighted by molar-refractivity contribution is 7.71. The summed E-state index contributed by atoms with van der Waals surface area (Å²) in [5.41, 5.74) is 3.18. The monoisotopic (exact) mass is 274 g/mol. The Morgan fingerprint density at radius 2 is 2.11 bits per heavy atom. The van der Waals surface area contributed by atoms with E-state index in [0.29, 0.717) is 11.2 Å². The Morgan fingerprint density at radius 3 is 2.74 bits per heavy atom. The van der Waals surface area contributed by atoms with Gasteiger partial charge in [-0.3, -0.25) is 0 Å². The maximum absolute atomic E-state index is 5.51. The number of aryl methyl sites for hydroxylation is 1. The zero-order chi connectivity index (χ0) is 13.8. The van der Waals surface area contributed by atoms with Gasteiger partial charge < -0.3 is 9.72 Å². The molecule has 0 aliphatic carbocycles. The first-order chi connectivity index (χ1) is 9.15. The van der Waals surface area contributed by atoms with Crippen LogP contribution in [0.25, 0.3) is 11.4 Å². The van der Waals surface area contributed by atoms with E-state index in [9.17, 15) is 0 Å². The van der Waals surface area contributed by atoms with Gasteiger partial charge in [-0.05, 0) is 32.4 Å². The van der Waals surface area contributed by atoms with Gasteiger partial charge in [0.15, 0.2) is 0 Å². The van der Waals surface area contributed by atoms with Gasteiger partial charge >= 0.3 is 0 Å². The topological polar surface area (TPSA) is 37.9 Å². The molecule has 2 aromatic rings. The van der Waals surface area contributed by atoms with E-state index in [4.69, 9.17) is 17.0 Å². The lowest BCUT2D eigenvalue weighted by Gasteiger charge is -2.09. The van der Waals surface area contributed by atoms with Crippen LogP contribution < -0.4 is 4.74 Å². The number of hydrogen-bond acceptors (Lipinski definition) is 3. The molecule has 1 aromatic heterocycles. The molecule has 2 rings (SSSR count). The zero-order valence-electron chi connectivity index (χ0n) is 11.5. The van der Waals surface area contributed by atoms with Gasteiger partial charge in [0.05, 0.1) is 6.61 Å². The van der Waals surface area contributed by atoms with Crippen LogP contribution in [0.3, 0.4) is 0 Å². The highest BCUT2D eigenvalue weighted by Crippen LogP contribution is 2.22. The van der Waals surface area contributed by atoms with Crippen LogP contribution in [-0.2, 0) is 6.42 Å². The van der Waals surface area contributed by atoms with Crippen molar-refractivity contribution in [2.24, 2.45) is 0 Å². The second-order valence-corrected chi connectivity index (χ2v) is 4.70. The van der Waals surface area contributed by atoms with E-state index < -0.39 is 0 Å². The molecule has 0 unspecified atom stereocenters. The van der Waals surface area contributed by atoms with Crippen LogP contribution in [0.2, 0.25) is 0 Å². The largest absolute Gasteiger partial charge is 0.494 e. The lowest BCUT2D eigenvalue weighted by molar-refractivity contribution is 0.340. The Labute approximate surface area is 118 Å². The minimum atomic E-state index is 0.653. The van der Waals surface area contributed by atoms with Crippen LogP contribution in [0.4, 0.5) is 0 Å². The standard InChI is InChI=1S/C15H18N2OS/c1-4-13-10(3)16-14(17-15(13)19)11-7-6-8-12(9-11)18-5-2/h6-9H,4-5H2,1-3H3,(H,16,17,19). The van der Waals surface area contributed by atoms with Crippen LogP contribution in [0, 0.1) is 11.6 Å². The molecule has 0 bridgehead atoms. The Kier molecular flexibility index (Phi) is 4.32. The number of rotatable bonds is 4. The molecule has 0 spiro atoms. The summed E-state index contributed by atoms with van der Waals surface area (Å²) in [6.07, 6.45) is 0.896. The number of hydrogen-bond donors (Lipinski definition) is 1. The number of aromatic amines is 1. The summed E-state index contributed by atoms with van der Waals surface area (Å²) in [7, 11) is 0. The summed E-state index contributed by atoms with van der Waals surface area (Å²) in [6, 6.07) is 7.88. The van der Waals surface area contributed by atoms with E-state index in [1.807, 2.05) is 38.1 Å². The normalized spacial score (nSPS) is 10.5. The Bertz CT molecular complexity index is 634. The molecule has 1 N–H and O–H groups in total. The second-order valence-electron chi connectivity index (χ2n) is 4.31. The predicted molar refractivity (Wildman–Crippen MR) is 80.1 cm³/mol. The molecule has 1 aromatic carbocycles. The van der Waals surface area contributed by atoms with Crippen molar-refractivity contribution in [2.75, 3.05) is 6.61 Å². The Morgan fingerprint density at radius 1 is 1.32 bits per heavy atom. The van der Waals surface area contributed by atoms with Gasteiger partial charge in [0, 0.05) is 16.8 Å². The molecule has 0 saturated carbocycles. The van der Waals surface area contributed by atoms with Gasteiger partial charge in [-0.15, -0.1) is 0 Å². The van der Waals surface area contributed by atoms with Gasteiger partial charge in [-0.25, -0.2) is 4.98 Å². The second kappa shape index (κ2) is 5.97. The van der Waals surface area contributed by atoms with Crippen molar-refractivity contribution in [3.63, 3.8) is 0 Å². The quantitative estimate of drug-likeness (QED) is 0.854. The third-order valence-corrected chi connectivity index (χ3v) is 3.34. The van der Waals surface area contributed by atoms with E-state index in [-0.39, 0.29) is 0 Å². The number of H-pyrrole nitrogens is 1. The van der Waals surface area contributed by atoms with Gasteiger partial charge in [-0.1, -0.05) is 31.3 Å². The van der Waals surface area contributed by atoms with E-state index in [0.717, 1.165) is 34.8 Å². The predicted octanol–water partition coefficient (Wildman–Crippen LogP) is 4.08. The molecule has 100 valence electrons. The summed E-state index contributed by atoms with van der Waals surface area (Å²) < 4.78 is 6.18. The molecule has 1 heterocycles. The molecule has 0 fully saturated rings. The average molecular weight is 274 g/mol. The van der Waals surface area contributed by atoms with Crippen molar-refractivity contribution in [3.8, 4) is 17.1 Å². The minimum absolute atomic E-state index is 0.653. The SMILES string of the molecule is CCOc1cccc(-c2nc(=S)c(CC)c(C)[nH]2)c1. The lowest BCUT2D eigenvalue weighted by atomic mass is 10.1. The van der Waals surface area contributed by atoms with Gasteiger partial charge in [0.25, 0.3) is 0 Å². The molecular formula is C15H18N2OS. The van der Waals surface area contributed by atoms with Crippen LogP contribution >= 0.6 is 12.2 Å². The van der Waals surface area contributed by atoms with Gasteiger partial charge in [-0.2, -0.15) is 0 Å². The molecule has 19 heavy (non-hydrogen) atoms. The highest BCUT2D eigenvalue weighted by Gasteiger charge is 2.06. The smallest absolute Gasteiger partial charge is 0.139 e. The molecule has 3 nitrogen and oxygen atoms in total. The van der Waals surface area contributed by atoms with E-state index in [1.165, 1.54) is 0 Å². The first-order valence-electron chi connectivity index (χ1n) is 6.48. The maximum Gasteiger partial charge on any atom is 0.139 e. The Hall–Kier alpha value is -1.68. The number of aromatic nitrogens is 2. The average Bonchev–Trinajstić information content (AvgIpc) is 2.39. The van der Waals surface area contributed by atoms with Crippen molar-refractivity contribution in [1.82, 2.24) is 9.97 Å². The van der Waals surface area contributed by atoms with Crippen molar-refractivity contribution in [3.05, 3.63) is 40.2 Å². The van der Waals surface area contributed by atoms with Crippen molar-refractivity contribution in [1.29, 1.82) is 0 Å². The molecule has 0 aliphatic rings. The van der Waals surface area contributed by atoms with Crippen LogP contribution in [0.1, 0.15) is 25.1 Å². The first-order valence-corrected chi connectivity index (χ1v) is 6.89. The minimum Gasteiger partial charge on any atom is -0.494 e. The third kappa shape index (κ3) is 3.01. The third-order valence-electron chi connectivity index (χ3n) is 3.00. The Balaban J connectivity index is 2.47. The molecular weight excluding hydrogens is 256 g/mol. The fraction of sp³-hybridized carbons (Fsp3) is 0.333. The zero-order valence-corrected chi connectivity index (χ0v) is 12.3. The maximum atomic E-state index is 5.51. The fourth-order valence-electron chi connectivity index (χ4n) is 2.06. The molecule has 0 amide bonds. The van der Waals surface area contributed by atoms with Crippen molar-refractivity contribution >= 4 is 12.2 Å². The number of nitrogens with zero attached hydrogens (tertiary/aromatic N) is 1. The molecule has 0 radical (unpaired) electrons. The molecule has 4 heteroatoms. The van der Waals surface area contributed by atoms with Gasteiger partial charge in [0.2, 0.25) is 0 Å². The summed E-state index contributed by atoms with van der Waals surface area (Å²) in [5, 5.41) is 0. The number of nitrogens with one attached hydrogen (secondary N) is 1. The summed E-state index contributed by atoms with van der Waals surface area (Å²) in [6.45, 7) is 6.74. The molecule has 0 atom stereocenters. The highest BCUT2D eigenvalue weighted by atomic mass is 32.1. The fourth-order valence-corrected chi connectivity index (χ4v) is 2.45. The van der Waals surface area contributed by atoms with Crippen LogP contribution in [-0.4, -0.2) is 16.6 Å². The lowest BCUT2D eigenvalue weighted by Crippen LogP contribution is -1.99. The first kappa shape index (κ1) is 13.7. The van der Waals surface area contributed by atoms with Crippen LogP contribution in [0.5, 0.6) is 5.75 Å². The van der Waals surface area contributed by atoms with E-state index in [1.54, 1.807) is 0 Å². The number of benzene rings is 1. The summed E-state index contributed by atoms with van der Waals surface area (Å²) in [5.74, 6) is 1.64. The van der Waals surface area contributed by atoms with E-state index >= 15 is 0 Å². The number of ether oxygens (including phenoxy) is 1. The summed E-state index contributed by atoms with van der Waals surface area (Å²) >= 11 is 5.35. The molecule has 0 saturated heterocycles. The van der Waals surface area contributed by atoms with E-state index in [2.05, 4.69) is 16.9 Å². The van der Waals surface area contributed by atoms with Crippen LogP contribution in [0.15, 0.2) is 24.3 Å². The van der Waals surface area contributed by atoms with Gasteiger partial charge in [0.1, 0.15) is 16.2 Å². The molecule has 0 aliphatic heterocycles. The van der Waals surface area contributed by atoms with Crippen molar-refractivity contribution in [2.45, 2.75) is 27.2 Å².